The summed E-state index contributed by atoms with van der Waals surface area (Å²) in [5.74, 6) is -0.150. The fourth-order valence-corrected chi connectivity index (χ4v) is 3.60. The van der Waals surface area contributed by atoms with E-state index in [1.54, 1.807) is 12.1 Å². The second-order valence-corrected chi connectivity index (χ2v) is 6.05. The molecule has 21 heavy (non-hydrogen) atoms. The van der Waals surface area contributed by atoms with Crippen LogP contribution in [0.3, 0.4) is 0 Å². The van der Waals surface area contributed by atoms with Gasteiger partial charge in [0.1, 0.15) is 5.82 Å². The van der Waals surface area contributed by atoms with Crippen LogP contribution in [-0.2, 0) is 11.3 Å². The zero-order valence-electron chi connectivity index (χ0n) is 12.8. The van der Waals surface area contributed by atoms with Crippen molar-refractivity contribution in [2.45, 2.75) is 51.3 Å². The molecule has 1 aromatic rings. The van der Waals surface area contributed by atoms with Crippen molar-refractivity contribution >= 4 is 5.69 Å². The largest absolute Gasteiger partial charge is 0.374 e. The number of halogens is 1. The van der Waals surface area contributed by atoms with Crippen LogP contribution in [0.2, 0.25) is 0 Å². The monoisotopic (exact) mass is 292 g/mol. The Balaban J connectivity index is 1.82. The van der Waals surface area contributed by atoms with Crippen molar-refractivity contribution in [3.8, 4) is 0 Å². The molecular weight excluding hydrogens is 267 g/mol. The number of hydrogen-bond acceptors (Lipinski definition) is 3. The maximum absolute atomic E-state index is 13.6. The predicted octanol–water partition coefficient (Wildman–Crippen LogP) is 3.08. The topological polar surface area (TPSA) is 24.5 Å². The van der Waals surface area contributed by atoms with Gasteiger partial charge in [-0.15, -0.1) is 0 Å². The number of nitrogens with one attached hydrogen (secondary N) is 1. The molecule has 2 fully saturated rings. The molecule has 1 saturated carbocycles. The zero-order valence-corrected chi connectivity index (χ0v) is 12.8. The molecule has 3 rings (SSSR count). The number of hydrogen-bond donors (Lipinski definition) is 1. The Morgan fingerprint density at radius 1 is 1.38 bits per heavy atom. The highest BCUT2D eigenvalue weighted by Crippen LogP contribution is 2.34. The molecule has 4 heteroatoms. The van der Waals surface area contributed by atoms with Gasteiger partial charge in [0.25, 0.3) is 0 Å². The molecule has 0 amide bonds. The van der Waals surface area contributed by atoms with E-state index in [2.05, 4.69) is 17.1 Å². The van der Waals surface area contributed by atoms with E-state index in [0.717, 1.165) is 44.6 Å². The normalized spacial score (nSPS) is 25.1. The van der Waals surface area contributed by atoms with Crippen LogP contribution in [0.1, 0.15) is 38.2 Å². The Morgan fingerprint density at radius 3 is 3.14 bits per heavy atom. The Kier molecular flexibility index (Phi) is 4.76. The van der Waals surface area contributed by atoms with Gasteiger partial charge >= 0.3 is 0 Å². The average molecular weight is 292 g/mol. The van der Waals surface area contributed by atoms with Gasteiger partial charge in [-0.2, -0.15) is 0 Å². The predicted molar refractivity (Wildman–Crippen MR) is 83.1 cm³/mol. The van der Waals surface area contributed by atoms with Crippen LogP contribution in [0, 0.1) is 5.82 Å². The zero-order chi connectivity index (χ0) is 14.7. The fraction of sp³-hybridized carbons (Fsp3) is 0.647. The molecule has 116 valence electrons. The van der Waals surface area contributed by atoms with E-state index in [-0.39, 0.29) is 5.82 Å². The minimum Gasteiger partial charge on any atom is -0.374 e. The van der Waals surface area contributed by atoms with E-state index in [4.69, 9.17) is 4.74 Å². The summed E-state index contributed by atoms with van der Waals surface area (Å²) in [6.07, 6.45) is 5.03. The first kappa shape index (κ1) is 14.8. The van der Waals surface area contributed by atoms with Crippen LogP contribution in [0.15, 0.2) is 18.2 Å². The van der Waals surface area contributed by atoms with E-state index in [1.165, 1.54) is 18.5 Å². The molecule has 2 atom stereocenters. The van der Waals surface area contributed by atoms with Gasteiger partial charge in [-0.05, 0) is 56.0 Å². The summed E-state index contributed by atoms with van der Waals surface area (Å²) in [6, 6.07) is 5.67. The van der Waals surface area contributed by atoms with Crippen LogP contribution < -0.4 is 10.2 Å². The maximum atomic E-state index is 13.6. The summed E-state index contributed by atoms with van der Waals surface area (Å²) in [4.78, 5) is 2.45. The molecule has 0 aromatic heterocycles. The lowest BCUT2D eigenvalue weighted by Gasteiger charge is -2.40. The second kappa shape index (κ2) is 6.75. The van der Waals surface area contributed by atoms with Crippen molar-refractivity contribution in [3.63, 3.8) is 0 Å². The molecule has 0 radical (unpaired) electrons. The summed E-state index contributed by atoms with van der Waals surface area (Å²) < 4.78 is 19.5. The SMILES string of the molecule is CCCNCc1cc(F)ccc1N1CCOC2CCCC21. The van der Waals surface area contributed by atoms with Gasteiger partial charge in [-0.1, -0.05) is 6.92 Å². The lowest BCUT2D eigenvalue weighted by atomic mass is 10.1. The van der Waals surface area contributed by atoms with Crippen molar-refractivity contribution in [2.75, 3.05) is 24.6 Å². The molecule has 3 nitrogen and oxygen atoms in total. The number of fused-ring (bicyclic) bond motifs is 1. The van der Waals surface area contributed by atoms with E-state index in [1.807, 2.05) is 6.07 Å². The quantitative estimate of drug-likeness (QED) is 0.844. The van der Waals surface area contributed by atoms with Crippen molar-refractivity contribution in [2.24, 2.45) is 0 Å². The van der Waals surface area contributed by atoms with Crippen LogP contribution >= 0.6 is 0 Å². The third kappa shape index (κ3) is 3.22. The molecule has 1 saturated heterocycles. The summed E-state index contributed by atoms with van der Waals surface area (Å²) in [6.45, 7) is 5.53. The Hall–Kier alpha value is -1.13. The third-order valence-corrected chi connectivity index (χ3v) is 4.58. The number of morpholine rings is 1. The Bertz CT molecular complexity index is 480. The van der Waals surface area contributed by atoms with Gasteiger partial charge in [0.15, 0.2) is 0 Å². The lowest BCUT2D eigenvalue weighted by Crippen LogP contribution is -2.49. The second-order valence-electron chi connectivity index (χ2n) is 6.05. The maximum Gasteiger partial charge on any atom is 0.123 e. The van der Waals surface area contributed by atoms with E-state index >= 15 is 0 Å². The highest BCUT2D eigenvalue weighted by Gasteiger charge is 2.36. The molecule has 1 heterocycles. The van der Waals surface area contributed by atoms with Crippen LogP contribution in [-0.4, -0.2) is 31.8 Å². The first-order valence-corrected chi connectivity index (χ1v) is 8.17. The number of nitrogens with zero attached hydrogens (tertiary/aromatic N) is 1. The number of ether oxygens (including phenoxy) is 1. The molecular formula is C17H25FN2O. The minimum absolute atomic E-state index is 0.150. The van der Waals surface area contributed by atoms with E-state index in [9.17, 15) is 4.39 Å². The molecule has 1 aliphatic carbocycles. The molecule has 1 aromatic carbocycles. The van der Waals surface area contributed by atoms with Gasteiger partial charge in [0.05, 0.1) is 18.8 Å². The molecule has 2 unspecified atom stereocenters. The van der Waals surface area contributed by atoms with Crippen LogP contribution in [0.5, 0.6) is 0 Å². The standard InChI is InChI=1S/C17H25FN2O/c1-2-8-19-12-13-11-14(18)6-7-15(13)20-9-10-21-17-5-3-4-16(17)20/h6-7,11,16-17,19H,2-5,8-10,12H2,1H3. The first-order chi connectivity index (χ1) is 10.3. The third-order valence-electron chi connectivity index (χ3n) is 4.58. The Labute approximate surface area is 126 Å². The lowest BCUT2D eigenvalue weighted by molar-refractivity contribution is 0.0255. The van der Waals surface area contributed by atoms with Gasteiger partial charge in [0, 0.05) is 18.8 Å². The minimum atomic E-state index is -0.150. The van der Waals surface area contributed by atoms with Crippen molar-refractivity contribution in [1.29, 1.82) is 0 Å². The van der Waals surface area contributed by atoms with Crippen molar-refractivity contribution in [1.82, 2.24) is 5.32 Å². The molecule has 2 aliphatic rings. The number of rotatable bonds is 5. The van der Waals surface area contributed by atoms with Crippen LogP contribution in [0.25, 0.3) is 0 Å². The Morgan fingerprint density at radius 2 is 2.29 bits per heavy atom. The summed E-state index contributed by atoms with van der Waals surface area (Å²) >= 11 is 0. The summed E-state index contributed by atoms with van der Waals surface area (Å²) in [7, 11) is 0. The molecule has 1 aliphatic heterocycles. The molecule has 0 spiro atoms. The van der Waals surface area contributed by atoms with Crippen LogP contribution in [0.4, 0.5) is 10.1 Å². The highest BCUT2D eigenvalue weighted by molar-refractivity contribution is 5.55. The molecule has 0 bridgehead atoms. The fourth-order valence-electron chi connectivity index (χ4n) is 3.60. The number of benzene rings is 1. The molecule has 1 N–H and O–H groups in total. The summed E-state index contributed by atoms with van der Waals surface area (Å²) in [5, 5.41) is 3.39. The summed E-state index contributed by atoms with van der Waals surface area (Å²) in [5.41, 5.74) is 2.25. The van der Waals surface area contributed by atoms with Gasteiger partial charge in [0.2, 0.25) is 0 Å². The highest BCUT2D eigenvalue weighted by atomic mass is 19.1. The van der Waals surface area contributed by atoms with Gasteiger partial charge < -0.3 is 15.0 Å². The average Bonchev–Trinajstić information content (AvgIpc) is 2.96. The van der Waals surface area contributed by atoms with Crippen molar-refractivity contribution < 1.29 is 9.13 Å². The van der Waals surface area contributed by atoms with Gasteiger partial charge in [-0.3, -0.25) is 0 Å². The van der Waals surface area contributed by atoms with Crippen molar-refractivity contribution in [3.05, 3.63) is 29.6 Å². The number of anilines is 1. The van der Waals surface area contributed by atoms with E-state index < -0.39 is 0 Å². The van der Waals surface area contributed by atoms with E-state index in [0.29, 0.717) is 12.1 Å². The first-order valence-electron chi connectivity index (χ1n) is 8.17. The van der Waals surface area contributed by atoms with Gasteiger partial charge in [-0.25, -0.2) is 4.39 Å². The smallest absolute Gasteiger partial charge is 0.123 e.